The van der Waals surface area contributed by atoms with Crippen LogP contribution in [-0.2, 0) is 9.59 Å². The minimum absolute atomic E-state index is 0.0649. The van der Waals surface area contributed by atoms with Gasteiger partial charge in [-0.2, -0.15) is 0 Å². The summed E-state index contributed by atoms with van der Waals surface area (Å²) in [5, 5.41) is 12.5. The molecule has 1 aliphatic carbocycles. The van der Waals surface area contributed by atoms with Gasteiger partial charge in [-0.25, -0.2) is 0 Å². The monoisotopic (exact) mass is 267 g/mol. The van der Waals surface area contributed by atoms with E-state index < -0.39 is 6.10 Å². The van der Waals surface area contributed by atoms with E-state index >= 15 is 0 Å². The van der Waals surface area contributed by atoms with Crippen LogP contribution >= 0.6 is 0 Å². The summed E-state index contributed by atoms with van der Waals surface area (Å²) in [5.74, 6) is 0.588. The molecule has 6 heteroatoms. The van der Waals surface area contributed by atoms with Crippen LogP contribution in [0, 0.1) is 5.92 Å². The van der Waals surface area contributed by atoms with Crippen LogP contribution in [-0.4, -0.2) is 71.6 Å². The van der Waals surface area contributed by atoms with Gasteiger partial charge in [0.05, 0.1) is 12.1 Å². The van der Waals surface area contributed by atoms with E-state index in [1.807, 2.05) is 9.80 Å². The lowest BCUT2D eigenvalue weighted by Crippen LogP contribution is -2.54. The number of nitrogens with one attached hydrogen (secondary N) is 1. The maximum Gasteiger partial charge on any atom is 0.239 e. The van der Waals surface area contributed by atoms with E-state index in [2.05, 4.69) is 5.32 Å². The number of hydrogen-bond donors (Lipinski definition) is 2. The molecule has 0 spiro atoms. The molecule has 3 rings (SSSR count). The summed E-state index contributed by atoms with van der Waals surface area (Å²) < 4.78 is 0. The number of β-amino-alcohol motifs (C(OH)–C–C–N with tert-alkyl or cyclic N) is 1. The van der Waals surface area contributed by atoms with Gasteiger partial charge >= 0.3 is 0 Å². The zero-order valence-electron chi connectivity index (χ0n) is 11.0. The van der Waals surface area contributed by atoms with Gasteiger partial charge in [0.25, 0.3) is 0 Å². The van der Waals surface area contributed by atoms with Gasteiger partial charge in [0, 0.05) is 38.6 Å². The Labute approximate surface area is 112 Å². The summed E-state index contributed by atoms with van der Waals surface area (Å²) >= 11 is 0. The van der Waals surface area contributed by atoms with Crippen LogP contribution in [0.2, 0.25) is 0 Å². The molecule has 3 aliphatic rings. The Bertz CT molecular complexity index is 375. The fourth-order valence-electron chi connectivity index (χ4n) is 2.86. The van der Waals surface area contributed by atoms with Crippen LogP contribution in [0.3, 0.4) is 0 Å². The van der Waals surface area contributed by atoms with Gasteiger partial charge < -0.3 is 20.2 Å². The molecule has 2 saturated heterocycles. The smallest absolute Gasteiger partial charge is 0.239 e. The second kappa shape index (κ2) is 5.09. The third kappa shape index (κ3) is 2.74. The number of piperazine rings is 1. The lowest BCUT2D eigenvalue weighted by Gasteiger charge is -2.36. The third-order valence-corrected chi connectivity index (χ3v) is 4.24. The van der Waals surface area contributed by atoms with Crippen LogP contribution in [0.15, 0.2) is 0 Å². The Hall–Kier alpha value is -1.14. The van der Waals surface area contributed by atoms with E-state index in [4.69, 9.17) is 0 Å². The van der Waals surface area contributed by atoms with Crippen LogP contribution in [0.4, 0.5) is 0 Å². The van der Waals surface area contributed by atoms with Crippen LogP contribution in [0.5, 0.6) is 0 Å². The lowest BCUT2D eigenvalue weighted by atomic mass is 10.1. The van der Waals surface area contributed by atoms with Crippen molar-refractivity contribution in [1.29, 1.82) is 0 Å². The molecule has 2 aliphatic heterocycles. The minimum atomic E-state index is -0.410. The maximum atomic E-state index is 12.2. The van der Waals surface area contributed by atoms with E-state index in [0.717, 1.165) is 12.8 Å². The molecule has 6 nitrogen and oxygen atoms in total. The Morgan fingerprint density at radius 2 is 1.58 bits per heavy atom. The van der Waals surface area contributed by atoms with Crippen LogP contribution in [0.25, 0.3) is 0 Å². The predicted molar refractivity (Wildman–Crippen MR) is 68.3 cm³/mol. The van der Waals surface area contributed by atoms with E-state index in [9.17, 15) is 14.7 Å². The summed E-state index contributed by atoms with van der Waals surface area (Å²) in [6, 6.07) is -0.249. The molecule has 2 N–H and O–H groups in total. The molecule has 0 bridgehead atoms. The summed E-state index contributed by atoms with van der Waals surface area (Å²) in [5.41, 5.74) is 0. The minimum Gasteiger partial charge on any atom is -0.392 e. The molecular formula is C13H21N3O3. The third-order valence-electron chi connectivity index (χ3n) is 4.24. The average Bonchev–Trinajstić information content (AvgIpc) is 3.19. The first-order valence-corrected chi connectivity index (χ1v) is 7.14. The van der Waals surface area contributed by atoms with Gasteiger partial charge in [0.15, 0.2) is 0 Å². The number of rotatable bonds is 2. The first-order valence-electron chi connectivity index (χ1n) is 7.14. The highest BCUT2D eigenvalue weighted by molar-refractivity contribution is 5.83. The number of aliphatic hydroxyl groups excluding tert-OH is 1. The lowest BCUT2D eigenvalue weighted by molar-refractivity contribution is -0.141. The van der Waals surface area contributed by atoms with Crippen molar-refractivity contribution in [2.24, 2.45) is 5.92 Å². The molecule has 0 radical (unpaired) electrons. The number of carbonyl (C=O) groups is 2. The van der Waals surface area contributed by atoms with Crippen molar-refractivity contribution in [2.45, 2.75) is 31.4 Å². The van der Waals surface area contributed by atoms with Crippen LogP contribution < -0.4 is 5.32 Å². The Morgan fingerprint density at radius 3 is 2.05 bits per heavy atom. The fourth-order valence-corrected chi connectivity index (χ4v) is 2.86. The number of hydrogen-bond acceptors (Lipinski definition) is 4. The Balaban J connectivity index is 1.49. The van der Waals surface area contributed by atoms with Gasteiger partial charge in [-0.05, 0) is 19.3 Å². The van der Waals surface area contributed by atoms with E-state index in [1.165, 1.54) is 0 Å². The standard InChI is InChI=1S/C13H21N3O3/c17-10-7-11(14-8-10)13(19)16-5-3-15(4-6-16)12(18)9-1-2-9/h9-11,14,17H,1-8H2. The molecule has 106 valence electrons. The fraction of sp³-hybridized carbons (Fsp3) is 0.846. The first-order chi connectivity index (χ1) is 9.15. The second-order valence-electron chi connectivity index (χ2n) is 5.78. The number of aliphatic hydroxyl groups is 1. The predicted octanol–water partition coefficient (Wildman–Crippen LogP) is -1.21. The molecule has 1 saturated carbocycles. The molecule has 2 amide bonds. The zero-order valence-corrected chi connectivity index (χ0v) is 11.0. The van der Waals surface area contributed by atoms with E-state index in [1.54, 1.807) is 0 Å². The Morgan fingerprint density at radius 1 is 1.00 bits per heavy atom. The van der Waals surface area contributed by atoms with Crippen molar-refractivity contribution in [3.63, 3.8) is 0 Å². The summed E-state index contributed by atoms with van der Waals surface area (Å²) in [6.45, 7) is 3.03. The van der Waals surface area contributed by atoms with Crippen LogP contribution in [0.1, 0.15) is 19.3 Å². The topological polar surface area (TPSA) is 72.9 Å². The molecule has 19 heavy (non-hydrogen) atoms. The number of amides is 2. The molecule has 2 atom stereocenters. The van der Waals surface area contributed by atoms with Gasteiger partial charge in [-0.3, -0.25) is 9.59 Å². The van der Waals surface area contributed by atoms with Crippen molar-refractivity contribution < 1.29 is 14.7 Å². The molecule has 0 aromatic rings. The summed E-state index contributed by atoms with van der Waals surface area (Å²) in [6.07, 6.45) is 2.15. The molecule has 0 aromatic heterocycles. The van der Waals surface area contributed by atoms with Gasteiger partial charge in [-0.1, -0.05) is 0 Å². The molecule has 0 aromatic carbocycles. The highest BCUT2D eigenvalue weighted by Crippen LogP contribution is 2.31. The van der Waals surface area contributed by atoms with Gasteiger partial charge in [0.1, 0.15) is 0 Å². The van der Waals surface area contributed by atoms with Crippen molar-refractivity contribution in [3.05, 3.63) is 0 Å². The van der Waals surface area contributed by atoms with E-state index in [0.29, 0.717) is 39.1 Å². The second-order valence-corrected chi connectivity index (χ2v) is 5.78. The first kappa shape index (κ1) is 12.9. The summed E-state index contributed by atoms with van der Waals surface area (Å²) in [4.78, 5) is 27.8. The zero-order chi connectivity index (χ0) is 13.4. The largest absolute Gasteiger partial charge is 0.392 e. The van der Waals surface area contributed by atoms with Crippen molar-refractivity contribution >= 4 is 11.8 Å². The SMILES string of the molecule is O=C(C1CC1)N1CCN(C(=O)C2CC(O)CN2)CC1. The molecular weight excluding hydrogens is 246 g/mol. The molecule has 2 heterocycles. The van der Waals surface area contributed by atoms with Gasteiger partial charge in [0.2, 0.25) is 11.8 Å². The number of nitrogens with zero attached hydrogens (tertiary/aromatic N) is 2. The quantitative estimate of drug-likeness (QED) is 0.658. The highest BCUT2D eigenvalue weighted by atomic mass is 16.3. The van der Waals surface area contributed by atoms with Crippen molar-refractivity contribution in [1.82, 2.24) is 15.1 Å². The number of carbonyl (C=O) groups excluding carboxylic acids is 2. The average molecular weight is 267 g/mol. The highest BCUT2D eigenvalue weighted by Gasteiger charge is 2.37. The van der Waals surface area contributed by atoms with Crippen molar-refractivity contribution in [3.8, 4) is 0 Å². The summed E-state index contributed by atoms with van der Waals surface area (Å²) in [7, 11) is 0. The van der Waals surface area contributed by atoms with E-state index in [-0.39, 0.29) is 23.8 Å². The normalized spacial score (nSPS) is 31.6. The molecule has 3 fully saturated rings. The Kier molecular flexibility index (Phi) is 3.45. The molecule has 2 unspecified atom stereocenters. The maximum absolute atomic E-state index is 12.2. The van der Waals surface area contributed by atoms with Gasteiger partial charge in [-0.15, -0.1) is 0 Å². The van der Waals surface area contributed by atoms with Crippen molar-refractivity contribution in [2.75, 3.05) is 32.7 Å².